The summed E-state index contributed by atoms with van der Waals surface area (Å²) in [5.41, 5.74) is 0. The van der Waals surface area contributed by atoms with Crippen LogP contribution in [-0.2, 0) is 0 Å². The molecule has 1 heterocycles. The zero-order valence-corrected chi connectivity index (χ0v) is 9.90. The van der Waals surface area contributed by atoms with E-state index in [1.54, 1.807) is 0 Å². The van der Waals surface area contributed by atoms with Crippen molar-refractivity contribution < 1.29 is 0 Å². The summed E-state index contributed by atoms with van der Waals surface area (Å²) in [5, 5.41) is 1.25. The Bertz CT molecular complexity index is 187. The van der Waals surface area contributed by atoms with Crippen molar-refractivity contribution >= 4 is 16.9 Å². The molecule has 0 N–H and O–H groups in total. The van der Waals surface area contributed by atoms with Gasteiger partial charge < -0.3 is 4.90 Å². The summed E-state index contributed by atoms with van der Waals surface area (Å²) in [6, 6.07) is 0.598. The van der Waals surface area contributed by atoms with Gasteiger partial charge in [0.2, 0.25) is 0 Å². The van der Waals surface area contributed by atoms with Gasteiger partial charge in [0, 0.05) is 24.9 Å². The standard InChI is InChI=1S/C10H20N2S/c1-8(2)7-11-10-12(9(3)4)5-6-13-10/h8-9H,5-7H2,1-4H3. The Kier molecular flexibility index (Phi) is 4.10. The van der Waals surface area contributed by atoms with Gasteiger partial charge in [-0.15, -0.1) is 0 Å². The fraction of sp³-hybridized carbons (Fsp3) is 0.900. The van der Waals surface area contributed by atoms with E-state index in [1.165, 1.54) is 17.5 Å². The number of aliphatic imine (C=N–C) groups is 1. The fourth-order valence-electron chi connectivity index (χ4n) is 1.29. The first-order valence-corrected chi connectivity index (χ1v) is 6.03. The molecule has 0 radical (unpaired) electrons. The average Bonchev–Trinajstić information content (AvgIpc) is 2.47. The van der Waals surface area contributed by atoms with Crippen LogP contribution in [0.2, 0.25) is 0 Å². The van der Waals surface area contributed by atoms with Gasteiger partial charge in [-0.05, 0) is 19.8 Å². The van der Waals surface area contributed by atoms with Crippen LogP contribution in [-0.4, -0.2) is 35.0 Å². The number of rotatable bonds is 3. The second-order valence-corrected chi connectivity index (χ2v) is 5.21. The van der Waals surface area contributed by atoms with E-state index in [4.69, 9.17) is 0 Å². The molecular weight excluding hydrogens is 180 g/mol. The van der Waals surface area contributed by atoms with Gasteiger partial charge in [0.15, 0.2) is 5.17 Å². The molecule has 0 aromatic heterocycles. The summed E-state index contributed by atoms with van der Waals surface area (Å²) >= 11 is 1.90. The average molecular weight is 200 g/mol. The van der Waals surface area contributed by atoms with Crippen molar-refractivity contribution in [3.8, 4) is 0 Å². The Hall–Kier alpha value is -0.180. The van der Waals surface area contributed by atoms with Crippen LogP contribution in [0.25, 0.3) is 0 Å². The molecule has 1 rings (SSSR count). The lowest BCUT2D eigenvalue weighted by Crippen LogP contribution is -2.31. The van der Waals surface area contributed by atoms with Crippen molar-refractivity contribution in [1.82, 2.24) is 4.90 Å². The van der Waals surface area contributed by atoms with E-state index in [9.17, 15) is 0 Å². The number of thioether (sulfide) groups is 1. The van der Waals surface area contributed by atoms with Crippen molar-refractivity contribution in [1.29, 1.82) is 0 Å². The van der Waals surface area contributed by atoms with Crippen molar-refractivity contribution in [2.45, 2.75) is 33.7 Å². The van der Waals surface area contributed by atoms with Gasteiger partial charge in [0.25, 0.3) is 0 Å². The molecule has 1 saturated heterocycles. The molecule has 0 aromatic carbocycles. The fourth-order valence-corrected chi connectivity index (χ4v) is 2.39. The molecule has 13 heavy (non-hydrogen) atoms. The lowest BCUT2D eigenvalue weighted by atomic mass is 10.2. The normalized spacial score (nSPS) is 21.1. The van der Waals surface area contributed by atoms with Crippen molar-refractivity contribution in [3.05, 3.63) is 0 Å². The zero-order chi connectivity index (χ0) is 9.84. The van der Waals surface area contributed by atoms with Gasteiger partial charge in [-0.3, -0.25) is 4.99 Å². The maximum Gasteiger partial charge on any atom is 0.159 e. The zero-order valence-electron chi connectivity index (χ0n) is 9.08. The molecular formula is C10H20N2S. The highest BCUT2D eigenvalue weighted by molar-refractivity contribution is 8.14. The maximum absolute atomic E-state index is 4.63. The van der Waals surface area contributed by atoms with E-state index in [0.717, 1.165) is 6.54 Å². The minimum absolute atomic E-state index is 0.598. The van der Waals surface area contributed by atoms with Crippen LogP contribution in [0.5, 0.6) is 0 Å². The number of hydrogen-bond donors (Lipinski definition) is 0. The summed E-state index contributed by atoms with van der Waals surface area (Å²) in [4.78, 5) is 7.03. The Morgan fingerprint density at radius 1 is 1.38 bits per heavy atom. The topological polar surface area (TPSA) is 15.6 Å². The first-order valence-electron chi connectivity index (χ1n) is 5.05. The summed E-state index contributed by atoms with van der Waals surface area (Å²) in [6.45, 7) is 11.0. The van der Waals surface area contributed by atoms with Crippen LogP contribution >= 0.6 is 11.8 Å². The van der Waals surface area contributed by atoms with E-state index in [2.05, 4.69) is 37.6 Å². The molecule has 3 heteroatoms. The Labute approximate surface area is 85.8 Å². The lowest BCUT2D eigenvalue weighted by molar-refractivity contribution is 0.382. The molecule has 2 nitrogen and oxygen atoms in total. The molecule has 1 fully saturated rings. The number of nitrogens with zero attached hydrogens (tertiary/aromatic N) is 2. The summed E-state index contributed by atoms with van der Waals surface area (Å²) in [5.74, 6) is 1.87. The van der Waals surface area contributed by atoms with Gasteiger partial charge in [-0.2, -0.15) is 0 Å². The second-order valence-electron chi connectivity index (χ2n) is 4.15. The molecule has 0 unspecified atom stereocenters. The highest BCUT2D eigenvalue weighted by Crippen LogP contribution is 2.20. The minimum Gasteiger partial charge on any atom is -0.348 e. The van der Waals surface area contributed by atoms with E-state index in [1.807, 2.05) is 11.8 Å². The van der Waals surface area contributed by atoms with E-state index in [0.29, 0.717) is 12.0 Å². The van der Waals surface area contributed by atoms with Gasteiger partial charge >= 0.3 is 0 Å². The third-order valence-electron chi connectivity index (χ3n) is 2.02. The molecule has 1 aliphatic heterocycles. The Balaban J connectivity index is 2.52. The Morgan fingerprint density at radius 3 is 2.62 bits per heavy atom. The molecule has 0 amide bonds. The van der Waals surface area contributed by atoms with E-state index in [-0.39, 0.29) is 0 Å². The molecule has 76 valence electrons. The molecule has 0 atom stereocenters. The minimum atomic E-state index is 0.598. The monoisotopic (exact) mass is 200 g/mol. The molecule has 1 aliphatic rings. The molecule has 0 spiro atoms. The third kappa shape index (κ3) is 3.22. The predicted octanol–water partition coefficient (Wildman–Crippen LogP) is 2.46. The first-order chi connectivity index (χ1) is 6.11. The van der Waals surface area contributed by atoms with Crippen molar-refractivity contribution in [2.24, 2.45) is 10.9 Å². The highest BCUT2D eigenvalue weighted by Gasteiger charge is 2.21. The second kappa shape index (κ2) is 4.89. The lowest BCUT2D eigenvalue weighted by Gasteiger charge is -2.22. The van der Waals surface area contributed by atoms with Crippen LogP contribution in [0.4, 0.5) is 0 Å². The SMILES string of the molecule is CC(C)CN=C1SCCN1C(C)C. The van der Waals surface area contributed by atoms with E-state index < -0.39 is 0 Å². The van der Waals surface area contributed by atoms with Crippen LogP contribution < -0.4 is 0 Å². The van der Waals surface area contributed by atoms with Gasteiger partial charge in [0.1, 0.15) is 0 Å². The largest absolute Gasteiger partial charge is 0.348 e. The quantitative estimate of drug-likeness (QED) is 0.695. The van der Waals surface area contributed by atoms with Crippen molar-refractivity contribution in [3.63, 3.8) is 0 Å². The highest BCUT2D eigenvalue weighted by atomic mass is 32.2. The number of hydrogen-bond acceptors (Lipinski definition) is 2. The molecule has 0 aliphatic carbocycles. The van der Waals surface area contributed by atoms with Crippen LogP contribution in [0.1, 0.15) is 27.7 Å². The summed E-state index contributed by atoms with van der Waals surface area (Å²) in [6.07, 6.45) is 0. The number of amidine groups is 1. The first kappa shape index (κ1) is 10.9. The van der Waals surface area contributed by atoms with Crippen LogP contribution in [0, 0.1) is 5.92 Å². The van der Waals surface area contributed by atoms with Crippen LogP contribution in [0.15, 0.2) is 4.99 Å². The molecule has 0 bridgehead atoms. The smallest absolute Gasteiger partial charge is 0.159 e. The Morgan fingerprint density at radius 2 is 2.08 bits per heavy atom. The van der Waals surface area contributed by atoms with Crippen molar-refractivity contribution in [2.75, 3.05) is 18.8 Å². The molecule has 0 saturated carbocycles. The molecule has 0 aromatic rings. The van der Waals surface area contributed by atoms with Gasteiger partial charge in [0.05, 0.1) is 0 Å². The summed E-state index contributed by atoms with van der Waals surface area (Å²) < 4.78 is 0. The predicted molar refractivity (Wildman–Crippen MR) is 61.4 cm³/mol. The summed E-state index contributed by atoms with van der Waals surface area (Å²) in [7, 11) is 0. The maximum atomic E-state index is 4.63. The third-order valence-corrected chi connectivity index (χ3v) is 3.03. The van der Waals surface area contributed by atoms with E-state index >= 15 is 0 Å². The van der Waals surface area contributed by atoms with Crippen LogP contribution in [0.3, 0.4) is 0 Å². The van der Waals surface area contributed by atoms with Gasteiger partial charge in [-0.1, -0.05) is 25.6 Å². The van der Waals surface area contributed by atoms with Gasteiger partial charge in [-0.25, -0.2) is 0 Å².